The number of aromatic amines is 1. The Bertz CT molecular complexity index is 234. The van der Waals surface area contributed by atoms with Crippen LogP contribution < -0.4 is 0 Å². The van der Waals surface area contributed by atoms with Gasteiger partial charge in [0.25, 0.3) is 0 Å². The summed E-state index contributed by atoms with van der Waals surface area (Å²) in [5.41, 5.74) is 1.09. The standard InChI is InChI=1S/C9H11NO/c1-11-8-3-2-5-9-6-4-7-10-9/h2-8,10H,1H3/b5-2-,8-3+. The zero-order valence-corrected chi connectivity index (χ0v) is 6.45. The van der Waals surface area contributed by atoms with Gasteiger partial charge in [0.15, 0.2) is 0 Å². The van der Waals surface area contributed by atoms with Crippen LogP contribution in [-0.2, 0) is 4.74 Å². The number of hydrogen-bond donors (Lipinski definition) is 1. The minimum Gasteiger partial charge on any atom is -0.504 e. The van der Waals surface area contributed by atoms with Crippen molar-refractivity contribution in [3.05, 3.63) is 42.4 Å². The highest BCUT2D eigenvalue weighted by Crippen LogP contribution is 1.96. The highest BCUT2D eigenvalue weighted by molar-refractivity contribution is 5.46. The molecule has 0 aliphatic heterocycles. The van der Waals surface area contributed by atoms with Gasteiger partial charge in [-0.3, -0.25) is 0 Å². The zero-order valence-electron chi connectivity index (χ0n) is 6.45. The molecular weight excluding hydrogens is 138 g/mol. The fraction of sp³-hybridized carbons (Fsp3) is 0.111. The monoisotopic (exact) mass is 149 g/mol. The Labute approximate surface area is 66.2 Å². The summed E-state index contributed by atoms with van der Waals surface area (Å²) < 4.78 is 4.72. The molecule has 0 aliphatic carbocycles. The highest BCUT2D eigenvalue weighted by atomic mass is 16.5. The van der Waals surface area contributed by atoms with Crippen molar-refractivity contribution >= 4 is 6.08 Å². The number of hydrogen-bond acceptors (Lipinski definition) is 1. The van der Waals surface area contributed by atoms with Crippen LogP contribution in [0.15, 0.2) is 36.7 Å². The second kappa shape index (κ2) is 4.39. The molecule has 1 aromatic heterocycles. The van der Waals surface area contributed by atoms with E-state index >= 15 is 0 Å². The van der Waals surface area contributed by atoms with Crippen molar-refractivity contribution in [2.24, 2.45) is 0 Å². The molecule has 0 aromatic carbocycles. The van der Waals surface area contributed by atoms with E-state index in [1.54, 1.807) is 13.4 Å². The fourth-order valence-corrected chi connectivity index (χ4v) is 0.731. The van der Waals surface area contributed by atoms with Gasteiger partial charge in [-0.05, 0) is 24.3 Å². The van der Waals surface area contributed by atoms with Crippen LogP contribution in [0, 0.1) is 0 Å². The van der Waals surface area contributed by atoms with E-state index in [4.69, 9.17) is 4.74 Å². The van der Waals surface area contributed by atoms with Crippen LogP contribution in [0.2, 0.25) is 0 Å². The Balaban J connectivity index is 2.43. The molecule has 1 rings (SSSR count). The van der Waals surface area contributed by atoms with Crippen LogP contribution in [0.4, 0.5) is 0 Å². The fourth-order valence-electron chi connectivity index (χ4n) is 0.731. The number of methoxy groups -OCH3 is 1. The summed E-state index contributed by atoms with van der Waals surface area (Å²) >= 11 is 0. The van der Waals surface area contributed by atoms with Crippen molar-refractivity contribution in [2.45, 2.75) is 0 Å². The lowest BCUT2D eigenvalue weighted by Gasteiger charge is -1.82. The second-order valence-corrected chi connectivity index (χ2v) is 2.05. The third kappa shape index (κ3) is 2.76. The van der Waals surface area contributed by atoms with Gasteiger partial charge >= 0.3 is 0 Å². The Morgan fingerprint density at radius 1 is 1.45 bits per heavy atom. The second-order valence-electron chi connectivity index (χ2n) is 2.05. The van der Waals surface area contributed by atoms with Crippen molar-refractivity contribution in [2.75, 3.05) is 7.11 Å². The molecule has 0 atom stereocenters. The molecule has 0 bridgehead atoms. The van der Waals surface area contributed by atoms with E-state index in [0.29, 0.717) is 0 Å². The first kappa shape index (κ1) is 7.66. The van der Waals surface area contributed by atoms with Gasteiger partial charge in [0, 0.05) is 11.9 Å². The zero-order chi connectivity index (χ0) is 7.94. The molecule has 0 spiro atoms. The van der Waals surface area contributed by atoms with E-state index in [2.05, 4.69) is 4.98 Å². The molecular formula is C9H11NO. The Morgan fingerprint density at radius 2 is 2.36 bits per heavy atom. The average molecular weight is 149 g/mol. The van der Waals surface area contributed by atoms with Gasteiger partial charge in [-0.1, -0.05) is 6.08 Å². The number of aromatic nitrogens is 1. The SMILES string of the molecule is CO/C=C/C=C\c1ccc[nH]1. The van der Waals surface area contributed by atoms with Gasteiger partial charge in [0.2, 0.25) is 0 Å². The van der Waals surface area contributed by atoms with Gasteiger partial charge in [-0.25, -0.2) is 0 Å². The maximum atomic E-state index is 4.72. The first-order valence-corrected chi connectivity index (χ1v) is 3.43. The summed E-state index contributed by atoms with van der Waals surface area (Å²) in [5.74, 6) is 0. The Kier molecular flexibility index (Phi) is 3.06. The van der Waals surface area contributed by atoms with Crippen molar-refractivity contribution in [3.63, 3.8) is 0 Å². The quantitative estimate of drug-likeness (QED) is 0.517. The minimum absolute atomic E-state index is 1.09. The lowest BCUT2D eigenvalue weighted by atomic mass is 10.4. The molecule has 1 aromatic rings. The van der Waals surface area contributed by atoms with Crippen molar-refractivity contribution in [1.82, 2.24) is 4.98 Å². The van der Waals surface area contributed by atoms with Crippen LogP contribution in [0.3, 0.4) is 0 Å². The van der Waals surface area contributed by atoms with Gasteiger partial charge < -0.3 is 9.72 Å². The normalized spacial score (nSPS) is 11.4. The number of ether oxygens (including phenoxy) is 1. The van der Waals surface area contributed by atoms with Crippen LogP contribution in [0.1, 0.15) is 5.69 Å². The molecule has 1 heterocycles. The third-order valence-electron chi connectivity index (χ3n) is 1.22. The highest BCUT2D eigenvalue weighted by Gasteiger charge is 1.79. The van der Waals surface area contributed by atoms with E-state index in [1.165, 1.54) is 0 Å². The molecule has 0 amide bonds. The van der Waals surface area contributed by atoms with Crippen LogP contribution >= 0.6 is 0 Å². The van der Waals surface area contributed by atoms with Gasteiger partial charge in [0.1, 0.15) is 0 Å². The number of nitrogens with one attached hydrogen (secondary N) is 1. The van der Waals surface area contributed by atoms with E-state index in [0.717, 1.165) is 5.69 Å². The molecule has 11 heavy (non-hydrogen) atoms. The van der Waals surface area contributed by atoms with Gasteiger partial charge in [0.05, 0.1) is 13.4 Å². The molecule has 0 unspecified atom stereocenters. The molecule has 0 radical (unpaired) electrons. The maximum Gasteiger partial charge on any atom is 0.0824 e. The van der Waals surface area contributed by atoms with E-state index in [9.17, 15) is 0 Å². The van der Waals surface area contributed by atoms with E-state index in [1.807, 2.05) is 36.6 Å². The summed E-state index contributed by atoms with van der Waals surface area (Å²) in [6.07, 6.45) is 9.23. The molecule has 2 nitrogen and oxygen atoms in total. The topological polar surface area (TPSA) is 25.0 Å². The first-order valence-electron chi connectivity index (χ1n) is 3.43. The molecule has 1 N–H and O–H groups in total. The predicted molar refractivity (Wildman–Crippen MR) is 46.0 cm³/mol. The third-order valence-corrected chi connectivity index (χ3v) is 1.22. The average Bonchev–Trinajstić information content (AvgIpc) is 2.50. The molecule has 58 valence electrons. The van der Waals surface area contributed by atoms with Gasteiger partial charge in [-0.15, -0.1) is 0 Å². The number of rotatable bonds is 3. The summed E-state index contributed by atoms with van der Waals surface area (Å²) in [6, 6.07) is 3.96. The number of H-pyrrole nitrogens is 1. The van der Waals surface area contributed by atoms with Crippen molar-refractivity contribution in [1.29, 1.82) is 0 Å². The van der Waals surface area contributed by atoms with Crippen LogP contribution in [-0.4, -0.2) is 12.1 Å². The Morgan fingerprint density at radius 3 is 3.00 bits per heavy atom. The Hall–Kier alpha value is -1.44. The number of allylic oxidation sites excluding steroid dienone is 2. The van der Waals surface area contributed by atoms with E-state index < -0.39 is 0 Å². The van der Waals surface area contributed by atoms with Crippen LogP contribution in [0.5, 0.6) is 0 Å². The summed E-state index contributed by atoms with van der Waals surface area (Å²) in [5, 5.41) is 0. The van der Waals surface area contributed by atoms with E-state index in [-0.39, 0.29) is 0 Å². The molecule has 0 saturated carbocycles. The van der Waals surface area contributed by atoms with Crippen LogP contribution in [0.25, 0.3) is 6.08 Å². The smallest absolute Gasteiger partial charge is 0.0824 e. The summed E-state index contributed by atoms with van der Waals surface area (Å²) in [7, 11) is 1.62. The molecule has 0 saturated heterocycles. The lowest BCUT2D eigenvalue weighted by Crippen LogP contribution is -1.66. The first-order chi connectivity index (χ1) is 5.43. The lowest BCUT2D eigenvalue weighted by molar-refractivity contribution is 0.338. The molecule has 0 aliphatic rings. The summed E-state index contributed by atoms with van der Waals surface area (Å²) in [4.78, 5) is 3.05. The predicted octanol–water partition coefficient (Wildman–Crippen LogP) is 2.19. The molecule has 2 heteroatoms. The van der Waals surface area contributed by atoms with Crippen molar-refractivity contribution in [3.8, 4) is 0 Å². The largest absolute Gasteiger partial charge is 0.504 e. The molecule has 0 fully saturated rings. The van der Waals surface area contributed by atoms with Crippen molar-refractivity contribution < 1.29 is 4.74 Å². The maximum absolute atomic E-state index is 4.72. The summed E-state index contributed by atoms with van der Waals surface area (Å²) in [6.45, 7) is 0. The minimum atomic E-state index is 1.09. The van der Waals surface area contributed by atoms with Gasteiger partial charge in [-0.2, -0.15) is 0 Å².